The Morgan fingerprint density at radius 1 is 1.42 bits per heavy atom. The number of nitrogens with zero attached hydrogens (tertiary/aromatic N) is 2. The molecule has 0 spiro atoms. The van der Waals surface area contributed by atoms with E-state index in [9.17, 15) is 4.79 Å². The summed E-state index contributed by atoms with van der Waals surface area (Å²) < 4.78 is 6.90. The van der Waals surface area contributed by atoms with Crippen LogP contribution in [0, 0.1) is 12.8 Å². The molecule has 0 radical (unpaired) electrons. The average molecular weight is 392 g/mol. The molecule has 128 valence electrons. The summed E-state index contributed by atoms with van der Waals surface area (Å²) in [6.45, 7) is 4.18. The molecule has 6 heteroatoms. The van der Waals surface area contributed by atoms with Crippen LogP contribution in [0.5, 0.6) is 0 Å². The highest BCUT2D eigenvalue weighted by Gasteiger charge is 2.25. The van der Waals surface area contributed by atoms with Gasteiger partial charge in [0.05, 0.1) is 5.69 Å². The maximum Gasteiger partial charge on any atom is 0.223 e. The van der Waals surface area contributed by atoms with Crippen LogP contribution in [-0.4, -0.2) is 35.4 Å². The zero-order chi connectivity index (χ0) is 17.1. The van der Waals surface area contributed by atoms with Gasteiger partial charge in [0, 0.05) is 36.0 Å². The van der Waals surface area contributed by atoms with Gasteiger partial charge in [-0.05, 0) is 37.9 Å². The summed E-state index contributed by atoms with van der Waals surface area (Å²) in [5.41, 5.74) is 7.52. The molecule has 1 aliphatic heterocycles. The van der Waals surface area contributed by atoms with Crippen molar-refractivity contribution in [2.75, 3.05) is 19.6 Å². The van der Waals surface area contributed by atoms with E-state index in [1.165, 1.54) is 0 Å². The quantitative estimate of drug-likeness (QED) is 0.849. The summed E-state index contributed by atoms with van der Waals surface area (Å²) in [6, 6.07) is 7.93. The third-order valence-corrected chi connectivity index (χ3v) is 5.00. The minimum absolute atomic E-state index is 0.159. The monoisotopic (exact) mass is 391 g/mol. The number of halogens is 1. The van der Waals surface area contributed by atoms with Crippen molar-refractivity contribution in [2.45, 2.75) is 26.2 Å². The van der Waals surface area contributed by atoms with Crippen molar-refractivity contribution >= 4 is 21.8 Å². The molecule has 2 N–H and O–H groups in total. The van der Waals surface area contributed by atoms with Crippen LogP contribution in [0.3, 0.4) is 0 Å². The second-order valence-electron chi connectivity index (χ2n) is 6.26. The number of nitrogens with two attached hydrogens (primary N) is 1. The van der Waals surface area contributed by atoms with Gasteiger partial charge < -0.3 is 15.1 Å². The van der Waals surface area contributed by atoms with Crippen molar-refractivity contribution in [3.05, 3.63) is 40.3 Å². The summed E-state index contributed by atoms with van der Waals surface area (Å²) >= 11 is 3.43. The maximum absolute atomic E-state index is 12.3. The summed E-state index contributed by atoms with van der Waals surface area (Å²) in [6.07, 6.45) is 1.96. The third-order valence-electron chi connectivity index (χ3n) is 4.47. The Labute approximate surface area is 150 Å². The van der Waals surface area contributed by atoms with Crippen LogP contribution in [0.1, 0.15) is 24.4 Å². The van der Waals surface area contributed by atoms with Crippen molar-refractivity contribution in [1.29, 1.82) is 0 Å². The standard InChI is InChI=1S/C18H22BrN3O2/c1-12-18(14-2-4-15(19)5-3-14)24-16(21-12)6-7-17(23)22-9-8-13(10-20)11-22/h2-5,13H,6-11,20H2,1H3/t13-/m0/s1. The Bertz CT molecular complexity index is 712. The number of benzene rings is 1. The number of hydrogen-bond donors (Lipinski definition) is 1. The molecular formula is C18H22BrN3O2. The van der Waals surface area contributed by atoms with E-state index in [2.05, 4.69) is 20.9 Å². The zero-order valence-electron chi connectivity index (χ0n) is 13.8. The second-order valence-corrected chi connectivity index (χ2v) is 7.17. The number of likely N-dealkylation sites (tertiary alicyclic amines) is 1. The lowest BCUT2D eigenvalue weighted by atomic mass is 10.1. The van der Waals surface area contributed by atoms with Crippen molar-refractivity contribution in [2.24, 2.45) is 11.7 Å². The van der Waals surface area contributed by atoms with Crippen LogP contribution >= 0.6 is 15.9 Å². The van der Waals surface area contributed by atoms with Gasteiger partial charge in [-0.2, -0.15) is 0 Å². The van der Waals surface area contributed by atoms with E-state index < -0.39 is 0 Å². The molecule has 2 aromatic rings. The molecule has 0 aliphatic carbocycles. The number of oxazole rings is 1. The molecule has 0 unspecified atom stereocenters. The van der Waals surface area contributed by atoms with Crippen LogP contribution in [-0.2, 0) is 11.2 Å². The predicted molar refractivity (Wildman–Crippen MR) is 96.4 cm³/mol. The topological polar surface area (TPSA) is 72.4 Å². The Hall–Kier alpha value is -1.66. The number of aryl methyl sites for hydroxylation is 2. The fraction of sp³-hybridized carbons (Fsp3) is 0.444. The van der Waals surface area contributed by atoms with Gasteiger partial charge in [0.25, 0.3) is 0 Å². The molecule has 3 rings (SSSR count). The van der Waals surface area contributed by atoms with Crippen molar-refractivity contribution in [1.82, 2.24) is 9.88 Å². The third kappa shape index (κ3) is 3.87. The van der Waals surface area contributed by atoms with E-state index in [-0.39, 0.29) is 5.91 Å². The van der Waals surface area contributed by atoms with Crippen LogP contribution in [0.4, 0.5) is 0 Å². The highest BCUT2D eigenvalue weighted by molar-refractivity contribution is 9.10. The smallest absolute Gasteiger partial charge is 0.223 e. The number of aromatic nitrogens is 1. The first-order valence-electron chi connectivity index (χ1n) is 8.27. The van der Waals surface area contributed by atoms with E-state index >= 15 is 0 Å². The number of carbonyl (C=O) groups is 1. The maximum atomic E-state index is 12.3. The highest BCUT2D eigenvalue weighted by atomic mass is 79.9. The first kappa shape index (κ1) is 17.2. The highest BCUT2D eigenvalue weighted by Crippen LogP contribution is 2.26. The fourth-order valence-corrected chi connectivity index (χ4v) is 3.32. The summed E-state index contributed by atoms with van der Waals surface area (Å²) in [4.78, 5) is 18.7. The van der Waals surface area contributed by atoms with Gasteiger partial charge in [-0.15, -0.1) is 0 Å². The van der Waals surface area contributed by atoms with Crippen molar-refractivity contribution in [3.63, 3.8) is 0 Å². The molecule has 1 fully saturated rings. The van der Waals surface area contributed by atoms with Crippen LogP contribution in [0.25, 0.3) is 11.3 Å². The number of hydrogen-bond acceptors (Lipinski definition) is 4. The SMILES string of the molecule is Cc1nc(CCC(=O)N2CC[C@@H](CN)C2)oc1-c1ccc(Br)cc1. The van der Waals surface area contributed by atoms with Gasteiger partial charge in [0.1, 0.15) is 0 Å². The second kappa shape index (κ2) is 7.49. The fourth-order valence-electron chi connectivity index (χ4n) is 3.05. The molecule has 1 aromatic heterocycles. The average Bonchev–Trinajstić information content (AvgIpc) is 3.20. The Kier molecular flexibility index (Phi) is 5.36. The molecule has 1 aliphatic rings. The van der Waals surface area contributed by atoms with Gasteiger partial charge in [-0.25, -0.2) is 4.98 Å². The Morgan fingerprint density at radius 3 is 2.83 bits per heavy atom. The molecule has 5 nitrogen and oxygen atoms in total. The predicted octanol–water partition coefficient (Wildman–Crippen LogP) is 3.15. The lowest BCUT2D eigenvalue weighted by molar-refractivity contribution is -0.130. The van der Waals surface area contributed by atoms with Gasteiger partial charge in [-0.3, -0.25) is 4.79 Å². The van der Waals surface area contributed by atoms with E-state index in [1.54, 1.807) is 0 Å². The number of amides is 1. The number of rotatable bonds is 5. The summed E-state index contributed by atoms with van der Waals surface area (Å²) in [5, 5.41) is 0. The lowest BCUT2D eigenvalue weighted by Crippen LogP contribution is -2.30. The molecule has 1 amide bonds. The Balaban J connectivity index is 1.61. The molecule has 0 bridgehead atoms. The molecule has 2 heterocycles. The van der Waals surface area contributed by atoms with E-state index in [0.29, 0.717) is 31.2 Å². The van der Waals surface area contributed by atoms with Gasteiger partial charge in [0.2, 0.25) is 5.91 Å². The van der Waals surface area contributed by atoms with Crippen LogP contribution < -0.4 is 5.73 Å². The largest absolute Gasteiger partial charge is 0.440 e. The summed E-state index contributed by atoms with van der Waals surface area (Å²) in [5.74, 6) is 2.00. The lowest BCUT2D eigenvalue weighted by Gasteiger charge is -2.15. The molecule has 1 atom stereocenters. The van der Waals surface area contributed by atoms with Gasteiger partial charge >= 0.3 is 0 Å². The van der Waals surface area contributed by atoms with Crippen molar-refractivity contribution < 1.29 is 9.21 Å². The van der Waals surface area contributed by atoms with Gasteiger partial charge in [0.15, 0.2) is 11.7 Å². The van der Waals surface area contributed by atoms with E-state index in [4.69, 9.17) is 10.2 Å². The number of carbonyl (C=O) groups excluding carboxylic acids is 1. The first-order valence-corrected chi connectivity index (χ1v) is 9.06. The molecule has 1 aromatic carbocycles. The van der Waals surface area contributed by atoms with E-state index in [0.717, 1.165) is 41.0 Å². The Morgan fingerprint density at radius 2 is 2.17 bits per heavy atom. The minimum atomic E-state index is 0.159. The molecule has 1 saturated heterocycles. The minimum Gasteiger partial charge on any atom is -0.440 e. The molecular weight excluding hydrogens is 370 g/mol. The van der Waals surface area contributed by atoms with Gasteiger partial charge in [-0.1, -0.05) is 28.1 Å². The molecule has 24 heavy (non-hydrogen) atoms. The van der Waals surface area contributed by atoms with E-state index in [1.807, 2.05) is 36.1 Å². The van der Waals surface area contributed by atoms with Crippen molar-refractivity contribution in [3.8, 4) is 11.3 Å². The first-order chi connectivity index (χ1) is 11.6. The zero-order valence-corrected chi connectivity index (χ0v) is 15.4. The van der Waals surface area contributed by atoms with Crippen LogP contribution in [0.15, 0.2) is 33.2 Å². The van der Waals surface area contributed by atoms with Crippen LogP contribution in [0.2, 0.25) is 0 Å². The normalized spacial score (nSPS) is 17.5. The molecule has 0 saturated carbocycles. The summed E-state index contributed by atoms with van der Waals surface area (Å²) in [7, 11) is 0.